The first-order valence-corrected chi connectivity index (χ1v) is 15.1. The van der Waals surface area contributed by atoms with Gasteiger partial charge < -0.3 is 20.3 Å². The van der Waals surface area contributed by atoms with Crippen molar-refractivity contribution in [3.05, 3.63) is 0 Å². The van der Waals surface area contributed by atoms with Crippen molar-refractivity contribution in [2.45, 2.75) is 119 Å². The molecular weight excluding hydrogens is 549 g/mol. The van der Waals surface area contributed by atoms with Crippen LogP contribution in [0.3, 0.4) is 0 Å². The molecule has 0 aromatic carbocycles. The van der Waals surface area contributed by atoms with E-state index in [1.54, 1.807) is 5.32 Å². The van der Waals surface area contributed by atoms with Gasteiger partial charge in [0.2, 0.25) is 11.8 Å². The Morgan fingerprint density at radius 2 is 1.71 bits per heavy atom. The predicted octanol–water partition coefficient (Wildman–Crippen LogP) is 6.05. The molecule has 11 heteroatoms. The van der Waals surface area contributed by atoms with E-state index in [0.717, 1.165) is 50.7 Å². The molecule has 1 aliphatic carbocycles. The van der Waals surface area contributed by atoms with E-state index in [1.165, 1.54) is 11.8 Å². The first-order chi connectivity index (χ1) is 19.4. The number of hydrogen-bond acceptors (Lipinski definition) is 5. The normalized spacial score (nSPS) is 21.4. The van der Waals surface area contributed by atoms with Crippen LogP contribution in [-0.4, -0.2) is 60.3 Å². The third kappa shape index (κ3) is 16.1. The summed E-state index contributed by atoms with van der Waals surface area (Å²) in [6, 6.07) is 2.32. The van der Waals surface area contributed by atoms with Crippen LogP contribution in [0.2, 0.25) is 0 Å². The third-order valence-electron chi connectivity index (χ3n) is 7.08. The number of alkyl halides is 3. The fourth-order valence-electron chi connectivity index (χ4n) is 4.42. The largest absolute Gasteiger partial charge is 0.471 e. The summed E-state index contributed by atoms with van der Waals surface area (Å²) in [4.78, 5) is 44.2. The van der Waals surface area contributed by atoms with Crippen LogP contribution in [-0.2, 0) is 19.2 Å². The molecule has 42 heavy (non-hydrogen) atoms. The van der Waals surface area contributed by atoms with Crippen LogP contribution in [0.1, 0.15) is 108 Å². The SMILES string of the molecule is CC.CC(C)C.CC=O.CCC[C@H](C#N)CC1CC2(CC2)NC1=O.C[C@H]1CN(C(=O)CNC(=O)C(F)(F)F)CC1(C)C. The lowest BCUT2D eigenvalue weighted by Gasteiger charge is -2.22. The van der Waals surface area contributed by atoms with Gasteiger partial charge in [0.1, 0.15) is 6.29 Å². The summed E-state index contributed by atoms with van der Waals surface area (Å²) in [6.45, 7) is 20.4. The number of nitrogens with zero attached hydrogens (tertiary/aromatic N) is 2. The van der Waals surface area contributed by atoms with E-state index < -0.39 is 24.5 Å². The molecule has 3 atom stereocenters. The monoisotopic (exact) mass is 604 g/mol. The molecule has 3 aliphatic rings. The summed E-state index contributed by atoms with van der Waals surface area (Å²) in [5.74, 6) is -1.10. The zero-order chi connectivity index (χ0) is 33.3. The molecule has 0 bridgehead atoms. The highest BCUT2D eigenvalue weighted by Crippen LogP contribution is 2.46. The Hall–Kier alpha value is -2.64. The van der Waals surface area contributed by atoms with Crippen molar-refractivity contribution in [3.63, 3.8) is 0 Å². The highest BCUT2D eigenvalue weighted by molar-refractivity contribution is 5.87. The Labute approximate surface area is 251 Å². The number of amides is 3. The predicted molar refractivity (Wildman–Crippen MR) is 159 cm³/mol. The summed E-state index contributed by atoms with van der Waals surface area (Å²) in [5, 5.41) is 13.6. The van der Waals surface area contributed by atoms with Crippen LogP contribution in [0.5, 0.6) is 0 Å². The maximum atomic E-state index is 11.9. The Kier molecular flexibility index (Phi) is 19.3. The zero-order valence-corrected chi connectivity index (χ0v) is 27.4. The van der Waals surface area contributed by atoms with Crippen molar-refractivity contribution in [1.82, 2.24) is 15.5 Å². The van der Waals surface area contributed by atoms with Crippen molar-refractivity contribution in [2.24, 2.45) is 29.1 Å². The van der Waals surface area contributed by atoms with Gasteiger partial charge in [0.15, 0.2) is 0 Å². The second-order valence-corrected chi connectivity index (χ2v) is 12.3. The number of nitrogens with one attached hydrogen (secondary N) is 2. The van der Waals surface area contributed by atoms with Gasteiger partial charge in [0.25, 0.3) is 0 Å². The number of hydrogen-bond donors (Lipinski definition) is 2. The van der Waals surface area contributed by atoms with Gasteiger partial charge in [-0.2, -0.15) is 18.4 Å². The average molecular weight is 605 g/mol. The maximum Gasteiger partial charge on any atom is 0.471 e. The summed E-state index contributed by atoms with van der Waals surface area (Å²) in [6.07, 6.45) is 1.76. The summed E-state index contributed by atoms with van der Waals surface area (Å²) in [7, 11) is 0. The van der Waals surface area contributed by atoms with E-state index in [1.807, 2.05) is 34.6 Å². The van der Waals surface area contributed by atoms with Crippen molar-refractivity contribution >= 4 is 24.0 Å². The van der Waals surface area contributed by atoms with E-state index in [9.17, 15) is 27.6 Å². The van der Waals surface area contributed by atoms with Gasteiger partial charge in [-0.15, -0.1) is 0 Å². The minimum atomic E-state index is -4.95. The molecule has 1 spiro atoms. The lowest BCUT2D eigenvalue weighted by molar-refractivity contribution is -0.174. The lowest BCUT2D eigenvalue weighted by Crippen LogP contribution is -2.44. The van der Waals surface area contributed by atoms with Gasteiger partial charge >= 0.3 is 12.1 Å². The molecule has 2 heterocycles. The molecule has 1 unspecified atom stereocenters. The van der Waals surface area contributed by atoms with Crippen LogP contribution in [0.25, 0.3) is 0 Å². The van der Waals surface area contributed by atoms with Crippen molar-refractivity contribution < 1.29 is 32.3 Å². The average Bonchev–Trinajstić information content (AvgIpc) is 3.48. The fraction of sp³-hybridized carbons (Fsp3) is 0.839. The molecule has 8 nitrogen and oxygen atoms in total. The van der Waals surface area contributed by atoms with Gasteiger partial charge in [-0.3, -0.25) is 14.4 Å². The van der Waals surface area contributed by atoms with E-state index in [2.05, 4.69) is 39.1 Å². The highest BCUT2D eigenvalue weighted by atomic mass is 19.4. The molecule has 3 fully saturated rings. The van der Waals surface area contributed by atoms with E-state index in [-0.39, 0.29) is 34.6 Å². The zero-order valence-electron chi connectivity index (χ0n) is 27.4. The quantitative estimate of drug-likeness (QED) is 0.358. The minimum Gasteiger partial charge on any atom is -0.350 e. The number of rotatable bonds is 6. The molecule has 2 saturated heterocycles. The van der Waals surface area contributed by atoms with Crippen LogP contribution in [0.15, 0.2) is 0 Å². The third-order valence-corrected chi connectivity index (χ3v) is 7.08. The van der Waals surface area contributed by atoms with Gasteiger partial charge in [-0.1, -0.05) is 68.7 Å². The standard InChI is InChI=1S/C12H18N2O.C11H17F3N2O2.C4H10.C2H4O.C2H6/c1-2-3-9(8-13)6-10-7-12(4-5-12)14-11(10)15;1-7-5-16(6-10(7,2)3)8(17)4-15-9(18)11(12,13)14;1-4(2)3;1-2-3;1-2/h9-10H,2-7H2,1H3,(H,14,15);7H,4-6H2,1-3H3,(H,15,18);4H,1-3H3;2H,1H3;1-2H3/t9-,10?;7-;;;/m00.../s1. The van der Waals surface area contributed by atoms with Crippen LogP contribution in [0.4, 0.5) is 13.2 Å². The second-order valence-electron chi connectivity index (χ2n) is 12.3. The summed E-state index contributed by atoms with van der Waals surface area (Å²) < 4.78 is 35.8. The Morgan fingerprint density at radius 3 is 2.05 bits per heavy atom. The van der Waals surface area contributed by atoms with Gasteiger partial charge in [-0.25, -0.2) is 0 Å². The molecule has 0 radical (unpaired) electrons. The minimum absolute atomic E-state index is 0.0519. The second kappa shape index (κ2) is 19.5. The smallest absolute Gasteiger partial charge is 0.350 e. The molecule has 0 aromatic rings. The first kappa shape index (κ1) is 41.5. The van der Waals surface area contributed by atoms with Gasteiger partial charge in [-0.05, 0) is 56.3 Å². The number of carbonyl (C=O) groups is 4. The molecule has 1 saturated carbocycles. The summed E-state index contributed by atoms with van der Waals surface area (Å²) >= 11 is 0. The van der Waals surface area contributed by atoms with E-state index >= 15 is 0 Å². The molecule has 2 aliphatic heterocycles. The van der Waals surface area contributed by atoms with Crippen LogP contribution in [0, 0.1) is 40.4 Å². The molecule has 2 N–H and O–H groups in total. The molecule has 0 aromatic heterocycles. The molecule has 3 rings (SSSR count). The van der Waals surface area contributed by atoms with Crippen molar-refractivity contribution in [1.29, 1.82) is 5.26 Å². The van der Waals surface area contributed by atoms with Crippen molar-refractivity contribution in [2.75, 3.05) is 19.6 Å². The number of aldehydes is 1. The number of carbonyl (C=O) groups excluding carboxylic acids is 4. The summed E-state index contributed by atoms with van der Waals surface area (Å²) in [5.41, 5.74) is 0.109. The van der Waals surface area contributed by atoms with E-state index in [4.69, 9.17) is 10.1 Å². The maximum absolute atomic E-state index is 11.9. The Bertz CT molecular complexity index is 878. The number of likely N-dealkylation sites (tertiary alicyclic amines) is 1. The first-order valence-electron chi connectivity index (χ1n) is 15.1. The molecular formula is C31H55F3N4O4. The van der Waals surface area contributed by atoms with Gasteiger partial charge in [0.05, 0.1) is 12.6 Å². The fourth-order valence-corrected chi connectivity index (χ4v) is 4.42. The van der Waals surface area contributed by atoms with Crippen LogP contribution < -0.4 is 10.6 Å². The Balaban J connectivity index is 0. The number of halogens is 3. The number of nitriles is 1. The van der Waals surface area contributed by atoms with Crippen LogP contribution >= 0.6 is 0 Å². The van der Waals surface area contributed by atoms with Gasteiger partial charge in [0, 0.05) is 30.5 Å². The molecule has 3 amide bonds. The highest BCUT2D eigenvalue weighted by Gasteiger charge is 2.52. The van der Waals surface area contributed by atoms with E-state index in [0.29, 0.717) is 13.1 Å². The lowest BCUT2D eigenvalue weighted by atomic mass is 9.84. The Morgan fingerprint density at radius 1 is 1.21 bits per heavy atom. The van der Waals surface area contributed by atoms with Crippen molar-refractivity contribution in [3.8, 4) is 6.07 Å². The topological polar surface area (TPSA) is 119 Å². The molecule has 244 valence electrons.